The topological polar surface area (TPSA) is 53.1 Å². The van der Waals surface area contributed by atoms with Gasteiger partial charge in [0, 0.05) is 26.2 Å². The van der Waals surface area contributed by atoms with Crippen LogP contribution in [-0.2, 0) is 9.59 Å². The Bertz CT molecular complexity index is 628. The molecule has 0 aliphatic carbocycles. The van der Waals surface area contributed by atoms with Gasteiger partial charge in [0.2, 0.25) is 11.8 Å². The van der Waals surface area contributed by atoms with Gasteiger partial charge in [-0.3, -0.25) is 14.5 Å². The van der Waals surface area contributed by atoms with E-state index in [9.17, 15) is 9.59 Å². The fourth-order valence-electron chi connectivity index (χ4n) is 3.66. The molecule has 0 aromatic heterocycles. The van der Waals surface area contributed by atoms with Crippen molar-refractivity contribution in [3.8, 4) is 5.75 Å². The van der Waals surface area contributed by atoms with E-state index in [-0.39, 0.29) is 24.4 Å². The first-order chi connectivity index (χ1) is 12.1. The van der Waals surface area contributed by atoms with Gasteiger partial charge in [-0.2, -0.15) is 0 Å². The smallest absolute Gasteiger partial charge is 0.241 e. The molecule has 0 N–H and O–H groups in total. The standard InChI is InChI=1S/C19H27N3O3/c1-15(19(24)20-10-6-3-7-11-20)21-12-13-22(18(23)14-21)16-8-4-5-9-17(16)25-2/h4-5,8-9,15H,3,6-7,10-14H2,1-2H3. The van der Waals surface area contributed by atoms with E-state index in [1.165, 1.54) is 6.42 Å². The molecule has 2 aliphatic heterocycles. The summed E-state index contributed by atoms with van der Waals surface area (Å²) in [5, 5.41) is 0. The number of methoxy groups -OCH3 is 1. The van der Waals surface area contributed by atoms with Crippen molar-refractivity contribution < 1.29 is 14.3 Å². The number of hydrogen-bond acceptors (Lipinski definition) is 4. The first kappa shape index (κ1) is 17.7. The molecule has 2 saturated heterocycles. The zero-order valence-electron chi connectivity index (χ0n) is 15.1. The van der Waals surface area contributed by atoms with Gasteiger partial charge >= 0.3 is 0 Å². The molecule has 0 bridgehead atoms. The van der Waals surface area contributed by atoms with Crippen molar-refractivity contribution in [2.75, 3.05) is 44.7 Å². The predicted molar refractivity (Wildman–Crippen MR) is 96.8 cm³/mol. The third kappa shape index (κ3) is 3.79. The largest absolute Gasteiger partial charge is 0.495 e. The Morgan fingerprint density at radius 1 is 1.08 bits per heavy atom. The summed E-state index contributed by atoms with van der Waals surface area (Å²) in [5.74, 6) is 0.856. The minimum absolute atomic E-state index is 0.00837. The monoisotopic (exact) mass is 345 g/mol. The van der Waals surface area contributed by atoms with Crippen LogP contribution in [0.5, 0.6) is 5.75 Å². The van der Waals surface area contributed by atoms with Gasteiger partial charge in [0.05, 0.1) is 25.4 Å². The minimum atomic E-state index is -0.248. The number of carbonyl (C=O) groups is 2. The molecule has 0 radical (unpaired) electrons. The average molecular weight is 345 g/mol. The van der Waals surface area contributed by atoms with Crippen LogP contribution < -0.4 is 9.64 Å². The van der Waals surface area contributed by atoms with Gasteiger partial charge in [-0.1, -0.05) is 12.1 Å². The number of para-hydroxylation sites is 2. The van der Waals surface area contributed by atoms with Crippen molar-refractivity contribution in [3.63, 3.8) is 0 Å². The summed E-state index contributed by atoms with van der Waals surface area (Å²) in [6.45, 7) is 5.12. The summed E-state index contributed by atoms with van der Waals surface area (Å²) in [6.07, 6.45) is 3.37. The molecule has 1 aromatic rings. The molecule has 2 fully saturated rings. The molecule has 136 valence electrons. The summed E-state index contributed by atoms with van der Waals surface area (Å²) in [4.78, 5) is 31.1. The Kier molecular flexibility index (Phi) is 5.58. The van der Waals surface area contributed by atoms with Crippen molar-refractivity contribution in [3.05, 3.63) is 24.3 Å². The molecule has 6 heteroatoms. The van der Waals surface area contributed by atoms with E-state index in [2.05, 4.69) is 0 Å². The van der Waals surface area contributed by atoms with Crippen molar-refractivity contribution in [1.82, 2.24) is 9.80 Å². The summed E-state index contributed by atoms with van der Waals surface area (Å²) >= 11 is 0. The SMILES string of the molecule is COc1ccccc1N1CCN(C(C)C(=O)N2CCCCC2)CC1=O. The molecule has 6 nitrogen and oxygen atoms in total. The highest BCUT2D eigenvalue weighted by Gasteiger charge is 2.33. The van der Waals surface area contributed by atoms with E-state index in [4.69, 9.17) is 4.74 Å². The maximum Gasteiger partial charge on any atom is 0.241 e. The van der Waals surface area contributed by atoms with Gasteiger partial charge in [-0.15, -0.1) is 0 Å². The number of anilines is 1. The summed E-state index contributed by atoms with van der Waals surface area (Å²) in [6, 6.07) is 7.30. The van der Waals surface area contributed by atoms with Crippen LogP contribution in [0.4, 0.5) is 5.69 Å². The van der Waals surface area contributed by atoms with Crippen molar-refractivity contribution >= 4 is 17.5 Å². The summed E-state index contributed by atoms with van der Waals surface area (Å²) < 4.78 is 5.37. The first-order valence-electron chi connectivity index (χ1n) is 9.08. The van der Waals surface area contributed by atoms with Crippen LogP contribution >= 0.6 is 0 Å². The molecule has 1 atom stereocenters. The van der Waals surface area contributed by atoms with E-state index in [1.54, 1.807) is 12.0 Å². The Morgan fingerprint density at radius 2 is 1.80 bits per heavy atom. The zero-order chi connectivity index (χ0) is 17.8. The second kappa shape index (κ2) is 7.87. The van der Waals surface area contributed by atoms with E-state index >= 15 is 0 Å². The summed E-state index contributed by atoms with van der Waals surface area (Å²) in [7, 11) is 1.61. The molecule has 0 saturated carbocycles. The molecule has 1 aromatic carbocycles. The minimum Gasteiger partial charge on any atom is -0.495 e. The number of carbonyl (C=O) groups excluding carboxylic acids is 2. The maximum absolute atomic E-state index is 12.7. The fourth-order valence-corrected chi connectivity index (χ4v) is 3.66. The Balaban J connectivity index is 1.65. The van der Waals surface area contributed by atoms with Crippen LogP contribution in [-0.4, -0.2) is 67.5 Å². The van der Waals surface area contributed by atoms with Gasteiger partial charge in [-0.05, 0) is 38.3 Å². The number of rotatable bonds is 4. The second-order valence-electron chi connectivity index (χ2n) is 6.75. The molecule has 2 heterocycles. The van der Waals surface area contributed by atoms with Crippen LogP contribution in [0.3, 0.4) is 0 Å². The average Bonchev–Trinajstić information content (AvgIpc) is 2.67. The number of amides is 2. The lowest BCUT2D eigenvalue weighted by Gasteiger charge is -2.39. The molecule has 2 aliphatic rings. The third-order valence-corrected chi connectivity index (χ3v) is 5.20. The van der Waals surface area contributed by atoms with E-state index < -0.39 is 0 Å². The van der Waals surface area contributed by atoms with Crippen molar-refractivity contribution in [1.29, 1.82) is 0 Å². The molecule has 0 spiro atoms. The van der Waals surface area contributed by atoms with E-state index in [0.29, 0.717) is 18.8 Å². The van der Waals surface area contributed by atoms with Crippen LogP contribution in [0.15, 0.2) is 24.3 Å². The molecular weight excluding hydrogens is 318 g/mol. The number of ether oxygens (including phenoxy) is 1. The molecular formula is C19H27N3O3. The van der Waals surface area contributed by atoms with Gasteiger partial charge < -0.3 is 14.5 Å². The molecule has 3 rings (SSSR count). The number of hydrogen-bond donors (Lipinski definition) is 0. The lowest BCUT2D eigenvalue weighted by atomic mass is 10.1. The van der Waals surface area contributed by atoms with Crippen LogP contribution in [0, 0.1) is 0 Å². The van der Waals surface area contributed by atoms with E-state index in [0.717, 1.165) is 31.6 Å². The predicted octanol–water partition coefficient (Wildman–Crippen LogP) is 1.74. The Morgan fingerprint density at radius 3 is 2.48 bits per heavy atom. The number of piperazine rings is 1. The first-order valence-corrected chi connectivity index (χ1v) is 9.08. The van der Waals surface area contributed by atoms with Gasteiger partial charge in [0.1, 0.15) is 5.75 Å². The number of likely N-dealkylation sites (tertiary alicyclic amines) is 1. The zero-order valence-corrected chi connectivity index (χ0v) is 15.1. The highest BCUT2D eigenvalue weighted by Crippen LogP contribution is 2.29. The van der Waals surface area contributed by atoms with Crippen LogP contribution in [0.1, 0.15) is 26.2 Å². The van der Waals surface area contributed by atoms with Gasteiger partial charge in [0.25, 0.3) is 0 Å². The van der Waals surface area contributed by atoms with Crippen LogP contribution in [0.2, 0.25) is 0 Å². The number of benzene rings is 1. The lowest BCUT2D eigenvalue weighted by Crippen LogP contribution is -2.57. The molecule has 25 heavy (non-hydrogen) atoms. The highest BCUT2D eigenvalue weighted by molar-refractivity contribution is 5.97. The van der Waals surface area contributed by atoms with Gasteiger partial charge in [-0.25, -0.2) is 0 Å². The quantitative estimate of drug-likeness (QED) is 0.834. The molecule has 2 amide bonds. The third-order valence-electron chi connectivity index (χ3n) is 5.20. The maximum atomic E-state index is 12.7. The van der Waals surface area contributed by atoms with Crippen LogP contribution in [0.25, 0.3) is 0 Å². The van der Waals surface area contributed by atoms with Gasteiger partial charge in [0.15, 0.2) is 0 Å². The summed E-state index contributed by atoms with van der Waals surface area (Å²) in [5.41, 5.74) is 0.796. The lowest BCUT2D eigenvalue weighted by molar-refractivity contribution is -0.138. The van der Waals surface area contributed by atoms with E-state index in [1.807, 2.05) is 41.0 Å². The second-order valence-corrected chi connectivity index (χ2v) is 6.75. The molecule has 1 unspecified atom stereocenters. The Hall–Kier alpha value is -2.08. The Labute approximate surface area is 149 Å². The van der Waals surface area contributed by atoms with Crippen molar-refractivity contribution in [2.45, 2.75) is 32.2 Å². The highest BCUT2D eigenvalue weighted by atomic mass is 16.5. The normalized spacial score (nSPS) is 20.5. The van der Waals surface area contributed by atoms with Crippen molar-refractivity contribution in [2.24, 2.45) is 0 Å². The fraction of sp³-hybridized carbons (Fsp3) is 0.579. The number of piperidine rings is 1. The number of nitrogens with zero attached hydrogens (tertiary/aromatic N) is 3.